The fourth-order valence-corrected chi connectivity index (χ4v) is 4.19. The average molecular weight is 339 g/mol. The number of fused-ring (bicyclic) bond motifs is 2. The maximum Gasteiger partial charge on any atom is 0.456 e. The Labute approximate surface area is 133 Å². The summed E-state index contributed by atoms with van der Waals surface area (Å²) >= 11 is -0.311. The average Bonchev–Trinajstić information content (AvgIpc) is 2.43. The van der Waals surface area contributed by atoms with Crippen molar-refractivity contribution in [2.75, 3.05) is 13.2 Å². The van der Waals surface area contributed by atoms with Crippen LogP contribution in [0.4, 0.5) is 13.2 Å². The van der Waals surface area contributed by atoms with E-state index >= 15 is 0 Å². The van der Waals surface area contributed by atoms with Crippen LogP contribution < -0.4 is 4.72 Å². The molecule has 2 fully saturated rings. The third-order valence-electron chi connectivity index (χ3n) is 4.64. The van der Waals surface area contributed by atoms with E-state index < -0.39 is 5.51 Å². The molecule has 3 nitrogen and oxygen atoms in total. The first kappa shape index (κ1) is 17.9. The second-order valence-corrected chi connectivity index (χ2v) is 7.39. The Morgan fingerprint density at radius 1 is 1.18 bits per heavy atom. The molecule has 2 saturated carbocycles. The molecule has 2 unspecified atom stereocenters. The zero-order chi connectivity index (χ0) is 16.0. The Balaban J connectivity index is 1.52. The Morgan fingerprint density at radius 3 is 2.50 bits per heavy atom. The van der Waals surface area contributed by atoms with Gasteiger partial charge in [-0.2, -0.15) is 13.2 Å². The van der Waals surface area contributed by atoms with Crippen molar-refractivity contribution in [1.82, 2.24) is 4.72 Å². The van der Waals surface area contributed by atoms with Gasteiger partial charge in [0.2, 0.25) is 0 Å². The molecule has 0 spiro atoms. The molecular weight excluding hydrogens is 315 g/mol. The number of nitrogens with one attached hydrogen (secondary N) is 1. The van der Waals surface area contributed by atoms with Crippen molar-refractivity contribution in [1.29, 1.82) is 0 Å². The summed E-state index contributed by atoms with van der Waals surface area (Å²) in [6.07, 6.45) is 9.09. The van der Waals surface area contributed by atoms with E-state index in [0.29, 0.717) is 12.3 Å². The van der Waals surface area contributed by atoms with E-state index in [0.717, 1.165) is 18.3 Å². The number of rotatable bonds is 7. The van der Waals surface area contributed by atoms with Crippen LogP contribution >= 0.6 is 11.9 Å². The maximum atomic E-state index is 11.9. The molecule has 128 valence electrons. The fraction of sp³-hybridized carbons (Fsp3) is 0.933. The second kappa shape index (κ2) is 8.43. The normalized spacial score (nSPS) is 28.4. The highest BCUT2D eigenvalue weighted by atomic mass is 32.2. The van der Waals surface area contributed by atoms with Gasteiger partial charge in [0, 0.05) is 24.9 Å². The molecule has 1 N–H and O–H groups in total. The van der Waals surface area contributed by atoms with Crippen LogP contribution in [0.25, 0.3) is 0 Å². The van der Waals surface area contributed by atoms with E-state index in [9.17, 15) is 18.0 Å². The third-order valence-corrected chi connectivity index (χ3v) is 5.22. The van der Waals surface area contributed by atoms with Crippen LogP contribution in [0, 0.1) is 17.8 Å². The predicted molar refractivity (Wildman–Crippen MR) is 80.0 cm³/mol. The number of ether oxygens (including phenoxy) is 1. The van der Waals surface area contributed by atoms with E-state index in [-0.39, 0.29) is 31.1 Å². The summed E-state index contributed by atoms with van der Waals surface area (Å²) < 4.78 is 42.7. The molecule has 2 aliphatic carbocycles. The van der Waals surface area contributed by atoms with Crippen LogP contribution in [0.15, 0.2) is 0 Å². The van der Waals surface area contributed by atoms with Gasteiger partial charge in [-0.05, 0) is 43.4 Å². The summed E-state index contributed by atoms with van der Waals surface area (Å²) in [4.78, 5) is 11.6. The van der Waals surface area contributed by atoms with Gasteiger partial charge < -0.3 is 4.74 Å². The van der Waals surface area contributed by atoms with Gasteiger partial charge in [-0.15, -0.1) is 0 Å². The van der Waals surface area contributed by atoms with E-state index in [1.807, 2.05) is 0 Å². The highest BCUT2D eigenvalue weighted by molar-refractivity contribution is 7.98. The predicted octanol–water partition coefficient (Wildman–Crippen LogP) is 4.28. The van der Waals surface area contributed by atoms with Crippen LogP contribution in [0.1, 0.15) is 51.4 Å². The number of hydrogen-bond acceptors (Lipinski definition) is 4. The molecule has 0 aliphatic heterocycles. The van der Waals surface area contributed by atoms with Crippen molar-refractivity contribution in [2.45, 2.75) is 56.9 Å². The lowest BCUT2D eigenvalue weighted by Crippen LogP contribution is -2.27. The van der Waals surface area contributed by atoms with Gasteiger partial charge in [-0.25, -0.2) is 0 Å². The molecule has 0 aromatic carbocycles. The van der Waals surface area contributed by atoms with Crippen molar-refractivity contribution in [2.24, 2.45) is 17.8 Å². The summed E-state index contributed by atoms with van der Waals surface area (Å²) in [5.74, 6) is 2.01. The Hall–Kier alpha value is -0.430. The van der Waals surface area contributed by atoms with Crippen molar-refractivity contribution in [3.8, 4) is 0 Å². The van der Waals surface area contributed by atoms with Gasteiger partial charge in [-0.1, -0.05) is 19.3 Å². The molecule has 2 atom stereocenters. The van der Waals surface area contributed by atoms with E-state index in [1.165, 1.54) is 38.5 Å². The zero-order valence-electron chi connectivity index (χ0n) is 12.7. The molecule has 2 bridgehead atoms. The van der Waals surface area contributed by atoms with Crippen LogP contribution in [0.2, 0.25) is 0 Å². The molecule has 0 radical (unpaired) electrons. The number of carbonyl (C=O) groups is 1. The van der Waals surface area contributed by atoms with Crippen LogP contribution in [0.5, 0.6) is 0 Å². The summed E-state index contributed by atoms with van der Waals surface area (Å²) in [6, 6.07) is 0. The highest BCUT2D eigenvalue weighted by Gasteiger charge is 2.31. The molecule has 0 amide bonds. The minimum atomic E-state index is -4.30. The van der Waals surface area contributed by atoms with Crippen molar-refractivity contribution >= 4 is 17.9 Å². The molecule has 2 aliphatic rings. The fourth-order valence-electron chi connectivity index (χ4n) is 3.84. The quantitative estimate of drug-likeness (QED) is 0.427. The smallest absolute Gasteiger partial charge is 0.456 e. The second-order valence-electron chi connectivity index (χ2n) is 6.44. The minimum absolute atomic E-state index is 0.00347. The van der Waals surface area contributed by atoms with Crippen LogP contribution in [-0.4, -0.2) is 24.6 Å². The lowest BCUT2D eigenvalue weighted by atomic mass is 9.67. The van der Waals surface area contributed by atoms with Gasteiger partial charge in [0.15, 0.2) is 0 Å². The lowest BCUT2D eigenvalue weighted by Gasteiger charge is -2.39. The molecule has 0 heterocycles. The SMILES string of the molecule is O=C(CCC1CC2CCCC(C2)C1)OCCNSC(F)(F)F. The van der Waals surface area contributed by atoms with Gasteiger partial charge >= 0.3 is 11.5 Å². The van der Waals surface area contributed by atoms with Gasteiger partial charge in [0.1, 0.15) is 6.61 Å². The first-order valence-electron chi connectivity index (χ1n) is 8.05. The lowest BCUT2D eigenvalue weighted by molar-refractivity contribution is -0.143. The monoisotopic (exact) mass is 339 g/mol. The summed E-state index contributed by atoms with van der Waals surface area (Å²) in [5, 5.41) is 0. The zero-order valence-corrected chi connectivity index (χ0v) is 13.5. The number of esters is 1. The minimum Gasteiger partial charge on any atom is -0.464 e. The molecule has 7 heteroatoms. The summed E-state index contributed by atoms with van der Waals surface area (Å²) in [6.45, 7) is -0.0126. The topological polar surface area (TPSA) is 38.3 Å². The van der Waals surface area contributed by atoms with Crippen molar-refractivity contribution in [3.05, 3.63) is 0 Å². The molecule has 22 heavy (non-hydrogen) atoms. The van der Waals surface area contributed by atoms with E-state index in [1.54, 1.807) is 0 Å². The van der Waals surface area contributed by atoms with Gasteiger partial charge in [0.25, 0.3) is 0 Å². The molecule has 0 saturated heterocycles. The Kier molecular flexibility index (Phi) is 6.87. The van der Waals surface area contributed by atoms with Crippen molar-refractivity contribution in [3.63, 3.8) is 0 Å². The number of halogens is 3. The standard InChI is InChI=1S/C15H24F3NO2S/c16-15(17,18)22-19-6-7-21-14(20)5-4-13-9-11-2-1-3-12(8-11)10-13/h11-13,19H,1-10H2. The van der Waals surface area contributed by atoms with Crippen molar-refractivity contribution < 1.29 is 22.7 Å². The molecule has 2 rings (SSSR count). The summed E-state index contributed by atoms with van der Waals surface area (Å²) in [5.41, 5.74) is -4.30. The Morgan fingerprint density at radius 2 is 1.86 bits per heavy atom. The molecule has 0 aromatic rings. The largest absolute Gasteiger partial charge is 0.464 e. The van der Waals surface area contributed by atoms with Gasteiger partial charge in [-0.3, -0.25) is 9.52 Å². The third kappa shape index (κ3) is 6.77. The number of alkyl halides is 3. The van der Waals surface area contributed by atoms with Gasteiger partial charge in [0.05, 0.1) is 0 Å². The molecule has 0 aromatic heterocycles. The number of hydrogen-bond donors (Lipinski definition) is 1. The van der Waals surface area contributed by atoms with Crippen LogP contribution in [0.3, 0.4) is 0 Å². The maximum absolute atomic E-state index is 11.9. The van der Waals surface area contributed by atoms with E-state index in [4.69, 9.17) is 4.74 Å². The van der Waals surface area contributed by atoms with E-state index in [2.05, 4.69) is 4.72 Å². The molecular formula is C15H24F3NO2S. The van der Waals surface area contributed by atoms with Crippen LogP contribution in [-0.2, 0) is 9.53 Å². The number of carbonyl (C=O) groups excluding carboxylic acids is 1. The first-order chi connectivity index (χ1) is 10.4. The Bertz CT molecular complexity index is 353. The highest BCUT2D eigenvalue weighted by Crippen LogP contribution is 2.43. The first-order valence-corrected chi connectivity index (χ1v) is 8.87. The summed E-state index contributed by atoms with van der Waals surface area (Å²) in [7, 11) is 0.